The minimum absolute atomic E-state index is 0.0936. The summed E-state index contributed by atoms with van der Waals surface area (Å²) in [6.07, 6.45) is 2.31. The van der Waals surface area contributed by atoms with Gasteiger partial charge < -0.3 is 10.6 Å². The number of carbonyl (C=O) groups is 2. The van der Waals surface area contributed by atoms with Crippen LogP contribution in [0.4, 0.5) is 5.82 Å². The van der Waals surface area contributed by atoms with Gasteiger partial charge in [-0.15, -0.1) is 0 Å². The van der Waals surface area contributed by atoms with Crippen LogP contribution in [0.25, 0.3) is 5.69 Å². The first kappa shape index (κ1) is 20.8. The van der Waals surface area contributed by atoms with Crippen molar-refractivity contribution in [2.24, 2.45) is 0 Å². The SMILES string of the molecule is CNC(=O)c1ccc(CN(C)CC(=O)Nc2cc(C3CC3)nn2-c2ccccc2)cc1. The van der Waals surface area contributed by atoms with Crippen molar-refractivity contribution in [1.29, 1.82) is 0 Å². The Bertz CT molecular complexity index is 1060. The molecule has 7 heteroatoms. The van der Waals surface area contributed by atoms with E-state index < -0.39 is 0 Å². The lowest BCUT2D eigenvalue weighted by Crippen LogP contribution is -2.30. The molecule has 1 aliphatic carbocycles. The number of anilines is 1. The molecule has 0 bridgehead atoms. The molecule has 0 radical (unpaired) electrons. The lowest BCUT2D eigenvalue weighted by molar-refractivity contribution is -0.117. The molecular weight excluding hydrogens is 390 g/mol. The molecule has 0 aliphatic heterocycles. The van der Waals surface area contributed by atoms with Crippen molar-refractivity contribution >= 4 is 17.6 Å². The van der Waals surface area contributed by atoms with E-state index in [-0.39, 0.29) is 18.4 Å². The summed E-state index contributed by atoms with van der Waals surface area (Å²) in [6.45, 7) is 0.850. The number of para-hydroxylation sites is 1. The summed E-state index contributed by atoms with van der Waals surface area (Å²) in [5.74, 6) is 0.992. The molecule has 0 spiro atoms. The Morgan fingerprint density at radius 2 is 1.81 bits per heavy atom. The molecule has 0 saturated heterocycles. The smallest absolute Gasteiger partial charge is 0.251 e. The normalized spacial score (nSPS) is 13.3. The summed E-state index contributed by atoms with van der Waals surface area (Å²) in [5, 5.41) is 10.4. The summed E-state index contributed by atoms with van der Waals surface area (Å²) < 4.78 is 1.81. The maximum atomic E-state index is 12.7. The summed E-state index contributed by atoms with van der Waals surface area (Å²) >= 11 is 0. The van der Waals surface area contributed by atoms with Gasteiger partial charge in [0.15, 0.2) is 0 Å². The van der Waals surface area contributed by atoms with E-state index in [0.717, 1.165) is 29.8 Å². The van der Waals surface area contributed by atoms with E-state index in [1.165, 1.54) is 0 Å². The average Bonchev–Trinajstić information content (AvgIpc) is 3.55. The standard InChI is InChI=1S/C24H27N5O2/c1-25-24(31)19-10-8-17(9-11-19)15-28(2)16-23(30)26-22-14-21(18-12-13-18)27-29(22)20-6-4-3-5-7-20/h3-11,14,18H,12-13,15-16H2,1-2H3,(H,25,31)(H,26,30). The highest BCUT2D eigenvalue weighted by Gasteiger charge is 2.28. The van der Waals surface area contributed by atoms with Gasteiger partial charge in [-0.25, -0.2) is 4.68 Å². The fourth-order valence-corrected chi connectivity index (χ4v) is 3.53. The Balaban J connectivity index is 1.40. The van der Waals surface area contributed by atoms with Gasteiger partial charge in [-0.3, -0.25) is 14.5 Å². The second-order valence-corrected chi connectivity index (χ2v) is 7.97. The van der Waals surface area contributed by atoms with Crippen LogP contribution in [0.1, 0.15) is 40.4 Å². The van der Waals surface area contributed by atoms with Crippen molar-refractivity contribution in [1.82, 2.24) is 20.0 Å². The van der Waals surface area contributed by atoms with Gasteiger partial charge in [-0.05, 0) is 49.7 Å². The van der Waals surface area contributed by atoms with E-state index in [1.807, 2.05) is 65.2 Å². The minimum Gasteiger partial charge on any atom is -0.355 e. The van der Waals surface area contributed by atoms with Gasteiger partial charge in [0, 0.05) is 31.1 Å². The molecule has 31 heavy (non-hydrogen) atoms. The van der Waals surface area contributed by atoms with E-state index in [0.29, 0.717) is 23.8 Å². The molecule has 0 atom stereocenters. The van der Waals surface area contributed by atoms with Crippen molar-refractivity contribution in [3.8, 4) is 5.69 Å². The number of hydrogen-bond acceptors (Lipinski definition) is 4. The van der Waals surface area contributed by atoms with Crippen LogP contribution in [-0.2, 0) is 11.3 Å². The quantitative estimate of drug-likeness (QED) is 0.590. The van der Waals surface area contributed by atoms with Gasteiger partial charge in [-0.1, -0.05) is 30.3 Å². The molecule has 2 amide bonds. The van der Waals surface area contributed by atoms with Crippen molar-refractivity contribution in [2.45, 2.75) is 25.3 Å². The third kappa shape index (κ3) is 5.19. The van der Waals surface area contributed by atoms with E-state index in [4.69, 9.17) is 5.10 Å². The highest BCUT2D eigenvalue weighted by Crippen LogP contribution is 2.40. The number of carbonyl (C=O) groups excluding carboxylic acids is 2. The first-order valence-corrected chi connectivity index (χ1v) is 10.5. The Labute approximate surface area is 182 Å². The molecular formula is C24H27N5O2. The Morgan fingerprint density at radius 1 is 1.10 bits per heavy atom. The zero-order valence-electron chi connectivity index (χ0n) is 17.8. The predicted molar refractivity (Wildman–Crippen MR) is 120 cm³/mol. The maximum absolute atomic E-state index is 12.7. The zero-order valence-corrected chi connectivity index (χ0v) is 17.8. The number of amides is 2. The monoisotopic (exact) mass is 417 g/mol. The lowest BCUT2D eigenvalue weighted by atomic mass is 10.1. The number of aromatic nitrogens is 2. The lowest BCUT2D eigenvalue weighted by Gasteiger charge is -2.17. The Hall–Kier alpha value is -3.45. The van der Waals surface area contributed by atoms with E-state index in [2.05, 4.69) is 10.6 Å². The highest BCUT2D eigenvalue weighted by molar-refractivity contribution is 5.94. The largest absolute Gasteiger partial charge is 0.355 e. The summed E-state index contributed by atoms with van der Waals surface area (Å²) in [5.41, 5.74) is 3.61. The topological polar surface area (TPSA) is 79.3 Å². The van der Waals surface area contributed by atoms with E-state index in [1.54, 1.807) is 19.2 Å². The molecule has 1 aromatic heterocycles. The van der Waals surface area contributed by atoms with E-state index >= 15 is 0 Å². The molecule has 1 heterocycles. The van der Waals surface area contributed by atoms with Gasteiger partial charge in [0.2, 0.25) is 5.91 Å². The van der Waals surface area contributed by atoms with Crippen LogP contribution >= 0.6 is 0 Å². The predicted octanol–water partition coefficient (Wildman–Crippen LogP) is 3.18. The van der Waals surface area contributed by atoms with Crippen molar-refractivity contribution < 1.29 is 9.59 Å². The van der Waals surface area contributed by atoms with Crippen molar-refractivity contribution in [3.05, 3.63) is 77.5 Å². The molecule has 2 N–H and O–H groups in total. The fraction of sp³-hybridized carbons (Fsp3) is 0.292. The Morgan fingerprint density at radius 3 is 2.45 bits per heavy atom. The molecule has 1 aliphatic rings. The highest BCUT2D eigenvalue weighted by atomic mass is 16.2. The molecule has 1 saturated carbocycles. The molecule has 3 aromatic rings. The van der Waals surface area contributed by atoms with Gasteiger partial charge >= 0.3 is 0 Å². The molecule has 1 fully saturated rings. The molecule has 4 rings (SSSR count). The first-order valence-electron chi connectivity index (χ1n) is 10.5. The third-order valence-electron chi connectivity index (χ3n) is 5.30. The van der Waals surface area contributed by atoms with Crippen LogP contribution in [0.3, 0.4) is 0 Å². The summed E-state index contributed by atoms with van der Waals surface area (Å²) in [4.78, 5) is 26.3. The molecule has 2 aromatic carbocycles. The number of hydrogen-bond donors (Lipinski definition) is 2. The molecule has 0 unspecified atom stereocenters. The number of benzene rings is 2. The second-order valence-electron chi connectivity index (χ2n) is 7.97. The fourth-order valence-electron chi connectivity index (χ4n) is 3.53. The number of nitrogens with one attached hydrogen (secondary N) is 2. The number of likely N-dealkylation sites (N-methyl/N-ethyl adjacent to an activating group) is 1. The second kappa shape index (κ2) is 9.14. The van der Waals surface area contributed by atoms with Gasteiger partial charge in [0.05, 0.1) is 17.9 Å². The van der Waals surface area contributed by atoms with Gasteiger partial charge in [0.25, 0.3) is 5.91 Å². The van der Waals surface area contributed by atoms with Crippen LogP contribution in [0.2, 0.25) is 0 Å². The van der Waals surface area contributed by atoms with E-state index in [9.17, 15) is 9.59 Å². The minimum atomic E-state index is -0.111. The number of rotatable bonds is 8. The summed E-state index contributed by atoms with van der Waals surface area (Å²) in [7, 11) is 3.51. The van der Waals surface area contributed by atoms with Crippen LogP contribution in [0.15, 0.2) is 60.7 Å². The van der Waals surface area contributed by atoms with Gasteiger partial charge in [-0.2, -0.15) is 5.10 Å². The number of nitrogens with zero attached hydrogens (tertiary/aromatic N) is 3. The molecule has 7 nitrogen and oxygen atoms in total. The van der Waals surface area contributed by atoms with Gasteiger partial charge in [0.1, 0.15) is 5.82 Å². The Kier molecular flexibility index (Phi) is 6.13. The van der Waals surface area contributed by atoms with Crippen LogP contribution in [0.5, 0.6) is 0 Å². The third-order valence-corrected chi connectivity index (χ3v) is 5.30. The maximum Gasteiger partial charge on any atom is 0.251 e. The van der Waals surface area contributed by atoms with Crippen molar-refractivity contribution in [2.75, 3.05) is 26.0 Å². The average molecular weight is 418 g/mol. The van der Waals surface area contributed by atoms with Crippen LogP contribution in [0, 0.1) is 0 Å². The van der Waals surface area contributed by atoms with Crippen molar-refractivity contribution in [3.63, 3.8) is 0 Å². The summed E-state index contributed by atoms with van der Waals surface area (Å²) in [6, 6.07) is 19.2. The first-order chi connectivity index (χ1) is 15.0. The van der Waals surface area contributed by atoms with Crippen LogP contribution < -0.4 is 10.6 Å². The molecule has 160 valence electrons. The van der Waals surface area contributed by atoms with Crippen LogP contribution in [-0.4, -0.2) is 47.1 Å². The zero-order chi connectivity index (χ0) is 21.8.